The second-order valence-corrected chi connectivity index (χ2v) is 7.17. The minimum absolute atomic E-state index is 0.116. The number of nitrogens with zero attached hydrogens (tertiary/aromatic N) is 1. The maximum absolute atomic E-state index is 12.8. The van der Waals surface area contributed by atoms with E-state index in [1.165, 1.54) is 31.4 Å². The van der Waals surface area contributed by atoms with E-state index in [-0.39, 0.29) is 18.0 Å². The fourth-order valence-corrected chi connectivity index (χ4v) is 3.90. The van der Waals surface area contributed by atoms with E-state index in [4.69, 9.17) is 13.6 Å². The van der Waals surface area contributed by atoms with Crippen molar-refractivity contribution in [3.63, 3.8) is 0 Å². The van der Waals surface area contributed by atoms with Crippen molar-refractivity contribution >= 4 is 19.5 Å². The molecule has 1 saturated heterocycles. The Bertz CT molecular complexity index is 881. The number of ether oxygens (including phenoxy) is 1. The summed E-state index contributed by atoms with van der Waals surface area (Å²) in [7, 11) is -2.60. The topological polar surface area (TPSA) is 114 Å². The van der Waals surface area contributed by atoms with Crippen LogP contribution in [0, 0.1) is 10.1 Å². The van der Waals surface area contributed by atoms with Gasteiger partial charge in [-0.3, -0.25) is 19.2 Å². The molecule has 0 radical (unpaired) electrons. The third-order valence-electron chi connectivity index (χ3n) is 3.85. The molecule has 27 heavy (non-hydrogen) atoms. The number of hydrogen-bond acceptors (Lipinski definition) is 8. The van der Waals surface area contributed by atoms with Crippen LogP contribution in [0.15, 0.2) is 48.5 Å². The number of phosphoric ester groups is 1. The summed E-state index contributed by atoms with van der Waals surface area (Å²) in [6, 6.07) is 11.6. The first-order valence-corrected chi connectivity index (χ1v) is 9.41. The molecule has 0 aromatic heterocycles. The maximum Gasteiger partial charge on any atom is 0.530 e. The molecule has 1 aliphatic rings. The van der Waals surface area contributed by atoms with E-state index in [1.807, 2.05) is 0 Å². The summed E-state index contributed by atoms with van der Waals surface area (Å²) in [5.74, 6) is -0.327. The van der Waals surface area contributed by atoms with Gasteiger partial charge >= 0.3 is 13.8 Å². The van der Waals surface area contributed by atoms with Crippen LogP contribution in [0.25, 0.3) is 0 Å². The monoisotopic (exact) mass is 393 g/mol. The zero-order chi connectivity index (χ0) is 19.4. The summed E-state index contributed by atoms with van der Waals surface area (Å²) < 4.78 is 33.4. The Kier molecular flexibility index (Phi) is 5.55. The van der Waals surface area contributed by atoms with Gasteiger partial charge in [0.15, 0.2) is 0 Å². The Morgan fingerprint density at radius 1 is 1.19 bits per heavy atom. The summed E-state index contributed by atoms with van der Waals surface area (Å²) in [6.45, 7) is 0.147. The SMILES string of the molecule is COC(=O)c1ccc(C2CCOP(=O)(Oc3ccc([N+](=O)[O-])cc3)O2)cc1. The van der Waals surface area contributed by atoms with Crippen LogP contribution >= 0.6 is 7.82 Å². The van der Waals surface area contributed by atoms with Gasteiger partial charge in [0.25, 0.3) is 5.69 Å². The van der Waals surface area contributed by atoms with Crippen molar-refractivity contribution < 1.29 is 32.6 Å². The molecule has 2 unspecified atom stereocenters. The number of esters is 1. The Balaban J connectivity index is 1.71. The highest BCUT2D eigenvalue weighted by Crippen LogP contribution is 2.56. The largest absolute Gasteiger partial charge is 0.530 e. The lowest BCUT2D eigenvalue weighted by molar-refractivity contribution is -0.384. The van der Waals surface area contributed by atoms with Crippen molar-refractivity contribution in [3.05, 3.63) is 69.8 Å². The molecule has 2 aromatic rings. The molecule has 1 heterocycles. The van der Waals surface area contributed by atoms with Gasteiger partial charge in [-0.25, -0.2) is 9.36 Å². The molecule has 0 N–H and O–H groups in total. The van der Waals surface area contributed by atoms with Crippen LogP contribution in [0.5, 0.6) is 5.75 Å². The van der Waals surface area contributed by atoms with Crippen LogP contribution in [0.4, 0.5) is 5.69 Å². The predicted octanol–water partition coefficient (Wildman–Crippen LogP) is 4.05. The third kappa shape index (κ3) is 4.51. The van der Waals surface area contributed by atoms with E-state index in [1.54, 1.807) is 24.3 Å². The first-order chi connectivity index (χ1) is 12.9. The highest BCUT2D eigenvalue weighted by Gasteiger charge is 2.37. The zero-order valence-electron chi connectivity index (χ0n) is 14.3. The van der Waals surface area contributed by atoms with Crippen LogP contribution in [0.1, 0.15) is 28.4 Å². The van der Waals surface area contributed by atoms with Crippen molar-refractivity contribution in [1.82, 2.24) is 0 Å². The molecular formula is C17H16NO8P. The second kappa shape index (κ2) is 7.87. The number of nitro groups is 1. The van der Waals surface area contributed by atoms with E-state index in [9.17, 15) is 19.5 Å². The van der Waals surface area contributed by atoms with Crippen molar-refractivity contribution in [2.45, 2.75) is 12.5 Å². The van der Waals surface area contributed by atoms with Gasteiger partial charge in [0.1, 0.15) is 5.75 Å². The van der Waals surface area contributed by atoms with Crippen LogP contribution < -0.4 is 4.52 Å². The second-order valence-electron chi connectivity index (χ2n) is 5.62. The first kappa shape index (κ1) is 19.0. The number of nitro benzene ring substituents is 1. The zero-order valence-corrected chi connectivity index (χ0v) is 15.2. The van der Waals surface area contributed by atoms with E-state index in [0.29, 0.717) is 17.5 Å². The standard InChI is InChI=1S/C17H16NO8P/c1-23-17(19)13-4-2-12(3-5-13)16-10-11-24-27(22,26-16)25-15-8-6-14(7-9-15)18(20)21/h2-9,16H,10-11H2,1H3. The Labute approximate surface area is 154 Å². The minimum Gasteiger partial charge on any atom is -0.465 e. The van der Waals surface area contributed by atoms with Gasteiger partial charge < -0.3 is 9.26 Å². The van der Waals surface area contributed by atoms with E-state index >= 15 is 0 Å². The van der Waals surface area contributed by atoms with Crippen molar-refractivity contribution in [2.24, 2.45) is 0 Å². The lowest BCUT2D eigenvalue weighted by Crippen LogP contribution is -2.16. The number of phosphoric acid groups is 1. The Morgan fingerprint density at radius 3 is 2.44 bits per heavy atom. The summed E-state index contributed by atoms with van der Waals surface area (Å²) in [6.07, 6.45) is -0.0973. The molecule has 1 fully saturated rings. The number of non-ortho nitro benzene ring substituents is 1. The minimum atomic E-state index is -3.89. The molecule has 0 spiro atoms. The molecule has 0 saturated carbocycles. The number of carbonyl (C=O) groups excluding carboxylic acids is 1. The number of methoxy groups -OCH3 is 1. The highest BCUT2D eigenvalue weighted by molar-refractivity contribution is 7.49. The lowest BCUT2D eigenvalue weighted by Gasteiger charge is -2.29. The van der Waals surface area contributed by atoms with Gasteiger partial charge in [-0.1, -0.05) is 12.1 Å². The number of benzene rings is 2. The molecule has 0 aliphatic carbocycles. The van der Waals surface area contributed by atoms with Gasteiger partial charge in [0.05, 0.1) is 30.3 Å². The molecule has 142 valence electrons. The molecule has 0 amide bonds. The van der Waals surface area contributed by atoms with E-state index in [0.717, 1.165) is 0 Å². The fraction of sp³-hybridized carbons (Fsp3) is 0.235. The summed E-state index contributed by atoms with van der Waals surface area (Å²) in [5.41, 5.74) is 0.979. The number of hydrogen-bond donors (Lipinski definition) is 0. The van der Waals surface area contributed by atoms with Crippen molar-refractivity contribution in [1.29, 1.82) is 0 Å². The maximum atomic E-state index is 12.8. The van der Waals surface area contributed by atoms with Crippen LogP contribution in [-0.4, -0.2) is 24.6 Å². The summed E-state index contributed by atoms with van der Waals surface area (Å²) in [5, 5.41) is 10.7. The third-order valence-corrected chi connectivity index (χ3v) is 5.30. The van der Waals surface area contributed by atoms with Gasteiger partial charge in [-0.05, 0) is 29.8 Å². The lowest BCUT2D eigenvalue weighted by atomic mass is 10.1. The average molecular weight is 393 g/mol. The van der Waals surface area contributed by atoms with Crippen LogP contribution in [0.2, 0.25) is 0 Å². The number of rotatable bonds is 5. The summed E-state index contributed by atoms with van der Waals surface area (Å²) in [4.78, 5) is 21.6. The molecule has 1 aliphatic heterocycles. The molecule has 10 heteroatoms. The van der Waals surface area contributed by atoms with Gasteiger partial charge in [0.2, 0.25) is 0 Å². The molecule has 2 aromatic carbocycles. The predicted molar refractivity (Wildman–Crippen MR) is 93.5 cm³/mol. The van der Waals surface area contributed by atoms with Crippen molar-refractivity contribution in [3.8, 4) is 5.75 Å². The molecule has 2 atom stereocenters. The first-order valence-electron chi connectivity index (χ1n) is 7.95. The Morgan fingerprint density at radius 2 is 1.85 bits per heavy atom. The highest BCUT2D eigenvalue weighted by atomic mass is 31.2. The number of carbonyl (C=O) groups is 1. The van der Waals surface area contributed by atoms with E-state index in [2.05, 4.69) is 4.74 Å². The molecule has 9 nitrogen and oxygen atoms in total. The summed E-state index contributed by atoms with van der Waals surface area (Å²) >= 11 is 0. The molecule has 3 rings (SSSR count). The van der Waals surface area contributed by atoms with Crippen LogP contribution in [0.3, 0.4) is 0 Å². The van der Waals surface area contributed by atoms with Crippen molar-refractivity contribution in [2.75, 3.05) is 13.7 Å². The quantitative estimate of drug-likeness (QED) is 0.323. The molecule has 0 bridgehead atoms. The van der Waals surface area contributed by atoms with Gasteiger partial charge in [-0.2, -0.15) is 0 Å². The fourth-order valence-electron chi connectivity index (χ4n) is 2.50. The van der Waals surface area contributed by atoms with Gasteiger partial charge in [-0.15, -0.1) is 0 Å². The smallest absolute Gasteiger partial charge is 0.465 e. The molecular weight excluding hydrogens is 377 g/mol. The normalized spacial score (nSPS) is 22.0. The van der Waals surface area contributed by atoms with Gasteiger partial charge in [0, 0.05) is 18.6 Å². The average Bonchev–Trinajstić information content (AvgIpc) is 2.67. The van der Waals surface area contributed by atoms with E-state index < -0.39 is 24.8 Å². The Hall–Kier alpha value is -2.74. The van der Waals surface area contributed by atoms with Crippen LogP contribution in [-0.2, 0) is 18.3 Å².